The largest absolute Gasteiger partial charge is 0.389 e. The summed E-state index contributed by atoms with van der Waals surface area (Å²) in [5.74, 6) is 0. The molecule has 0 spiro atoms. The summed E-state index contributed by atoms with van der Waals surface area (Å²) in [7, 11) is 3.67. The highest BCUT2D eigenvalue weighted by molar-refractivity contribution is 4.81. The summed E-state index contributed by atoms with van der Waals surface area (Å²) in [4.78, 5) is 2.16. The molecule has 0 radical (unpaired) electrons. The van der Waals surface area contributed by atoms with Gasteiger partial charge in [0.2, 0.25) is 0 Å². The molecule has 1 N–H and O–H groups in total. The second-order valence-electron chi connectivity index (χ2n) is 5.12. The summed E-state index contributed by atoms with van der Waals surface area (Å²) in [6.45, 7) is 6.34. The van der Waals surface area contributed by atoms with Crippen LogP contribution in [0.15, 0.2) is 0 Å². The zero-order valence-corrected chi connectivity index (χ0v) is 12.0. The molecule has 1 heterocycles. The number of hydrogen-bond donors (Lipinski definition) is 1. The third-order valence-corrected chi connectivity index (χ3v) is 3.38. The van der Waals surface area contributed by atoms with Crippen LogP contribution in [0.1, 0.15) is 20.3 Å². The number of aliphatic hydroxyl groups is 1. The van der Waals surface area contributed by atoms with Crippen LogP contribution in [0.4, 0.5) is 0 Å². The number of nitrogens with zero attached hydrogens (tertiary/aromatic N) is 1. The van der Waals surface area contributed by atoms with E-state index in [2.05, 4.69) is 11.8 Å². The Morgan fingerprint density at radius 2 is 2.17 bits per heavy atom. The predicted octanol–water partition coefficient (Wildman–Crippen LogP) is 0.508. The maximum Gasteiger partial charge on any atom is 0.0900 e. The SMILES string of the molecule is COCC(C)OCC(O)CN(C)C1CCOC1C. The van der Waals surface area contributed by atoms with Gasteiger partial charge in [-0.2, -0.15) is 0 Å². The van der Waals surface area contributed by atoms with E-state index < -0.39 is 6.10 Å². The van der Waals surface area contributed by atoms with Crippen molar-refractivity contribution in [3.8, 4) is 0 Å². The van der Waals surface area contributed by atoms with Crippen molar-refractivity contribution in [3.63, 3.8) is 0 Å². The average molecular weight is 261 g/mol. The van der Waals surface area contributed by atoms with Crippen LogP contribution >= 0.6 is 0 Å². The molecule has 0 aromatic heterocycles. The van der Waals surface area contributed by atoms with Crippen LogP contribution in [-0.2, 0) is 14.2 Å². The summed E-state index contributed by atoms with van der Waals surface area (Å²) >= 11 is 0. The van der Waals surface area contributed by atoms with Crippen LogP contribution in [0.25, 0.3) is 0 Å². The first-order valence-electron chi connectivity index (χ1n) is 6.65. The average Bonchev–Trinajstić information content (AvgIpc) is 2.73. The molecule has 1 fully saturated rings. The Bertz CT molecular complexity index is 227. The highest BCUT2D eigenvalue weighted by Crippen LogP contribution is 2.18. The smallest absolute Gasteiger partial charge is 0.0900 e. The Morgan fingerprint density at radius 3 is 2.72 bits per heavy atom. The molecule has 5 nitrogen and oxygen atoms in total. The van der Waals surface area contributed by atoms with E-state index in [1.807, 2.05) is 14.0 Å². The second kappa shape index (κ2) is 8.07. The van der Waals surface area contributed by atoms with Gasteiger partial charge in [0.1, 0.15) is 0 Å². The Kier molecular flexibility index (Phi) is 7.11. The summed E-state index contributed by atoms with van der Waals surface area (Å²) in [6, 6.07) is 0.399. The molecule has 108 valence electrons. The van der Waals surface area contributed by atoms with E-state index in [1.54, 1.807) is 7.11 Å². The fourth-order valence-corrected chi connectivity index (χ4v) is 2.38. The van der Waals surface area contributed by atoms with Gasteiger partial charge in [-0.05, 0) is 27.3 Å². The van der Waals surface area contributed by atoms with Crippen LogP contribution in [0.3, 0.4) is 0 Å². The van der Waals surface area contributed by atoms with E-state index in [-0.39, 0.29) is 12.2 Å². The van der Waals surface area contributed by atoms with Crippen molar-refractivity contribution >= 4 is 0 Å². The first-order chi connectivity index (χ1) is 8.54. The number of hydrogen-bond acceptors (Lipinski definition) is 5. The van der Waals surface area contributed by atoms with Crippen molar-refractivity contribution in [1.29, 1.82) is 0 Å². The highest BCUT2D eigenvalue weighted by atomic mass is 16.5. The van der Waals surface area contributed by atoms with Crippen molar-refractivity contribution in [1.82, 2.24) is 4.90 Å². The molecule has 5 heteroatoms. The molecule has 1 rings (SSSR count). The summed E-state index contributed by atoms with van der Waals surface area (Å²) in [5.41, 5.74) is 0. The van der Waals surface area contributed by atoms with Gasteiger partial charge in [-0.1, -0.05) is 0 Å². The lowest BCUT2D eigenvalue weighted by Gasteiger charge is -2.28. The van der Waals surface area contributed by atoms with Gasteiger partial charge in [0.15, 0.2) is 0 Å². The minimum Gasteiger partial charge on any atom is -0.389 e. The maximum atomic E-state index is 9.94. The minimum absolute atomic E-state index is 0.0173. The minimum atomic E-state index is -0.470. The van der Waals surface area contributed by atoms with Gasteiger partial charge >= 0.3 is 0 Å². The first kappa shape index (κ1) is 15.9. The number of likely N-dealkylation sites (N-methyl/N-ethyl adjacent to an activating group) is 1. The zero-order valence-electron chi connectivity index (χ0n) is 12.0. The lowest BCUT2D eigenvalue weighted by molar-refractivity contribution is -0.0426. The fraction of sp³-hybridized carbons (Fsp3) is 1.00. The van der Waals surface area contributed by atoms with Gasteiger partial charge in [0.05, 0.1) is 31.5 Å². The van der Waals surface area contributed by atoms with Crippen LogP contribution in [0.2, 0.25) is 0 Å². The lowest BCUT2D eigenvalue weighted by Crippen LogP contribution is -2.42. The van der Waals surface area contributed by atoms with Crippen molar-refractivity contribution in [3.05, 3.63) is 0 Å². The monoisotopic (exact) mass is 261 g/mol. The first-order valence-corrected chi connectivity index (χ1v) is 6.65. The Labute approximate surface area is 110 Å². The quantitative estimate of drug-likeness (QED) is 0.690. The standard InChI is InChI=1S/C13H27NO4/c1-10(8-16-4)18-9-12(15)7-14(3)13-5-6-17-11(13)2/h10-13,15H,5-9H2,1-4H3. The van der Waals surface area contributed by atoms with Crippen molar-refractivity contribution in [2.45, 2.75) is 44.6 Å². The number of ether oxygens (including phenoxy) is 3. The van der Waals surface area contributed by atoms with E-state index in [9.17, 15) is 5.11 Å². The van der Waals surface area contributed by atoms with Gasteiger partial charge in [0.25, 0.3) is 0 Å². The molecule has 1 aliphatic rings. The van der Waals surface area contributed by atoms with Crippen LogP contribution in [0, 0.1) is 0 Å². The Balaban J connectivity index is 2.20. The lowest BCUT2D eigenvalue weighted by atomic mass is 10.1. The molecule has 1 aliphatic heterocycles. The van der Waals surface area contributed by atoms with E-state index in [0.29, 0.717) is 25.8 Å². The van der Waals surface area contributed by atoms with E-state index in [1.165, 1.54) is 0 Å². The number of methoxy groups -OCH3 is 1. The molecule has 18 heavy (non-hydrogen) atoms. The zero-order chi connectivity index (χ0) is 13.5. The van der Waals surface area contributed by atoms with E-state index in [4.69, 9.17) is 14.2 Å². The third-order valence-electron chi connectivity index (χ3n) is 3.38. The van der Waals surface area contributed by atoms with Gasteiger partial charge < -0.3 is 19.3 Å². The molecule has 4 unspecified atom stereocenters. The van der Waals surface area contributed by atoms with E-state index >= 15 is 0 Å². The topological polar surface area (TPSA) is 51.2 Å². The Hall–Kier alpha value is -0.200. The second-order valence-corrected chi connectivity index (χ2v) is 5.12. The molecule has 0 aliphatic carbocycles. The van der Waals surface area contributed by atoms with Crippen molar-refractivity contribution in [2.75, 3.05) is 40.5 Å². The molecule has 4 atom stereocenters. The molecule has 1 saturated heterocycles. The van der Waals surface area contributed by atoms with Gasteiger partial charge in [0, 0.05) is 26.3 Å². The summed E-state index contributed by atoms with van der Waals surface area (Å²) < 4.78 is 16.0. The van der Waals surface area contributed by atoms with Crippen molar-refractivity contribution < 1.29 is 19.3 Å². The molecular formula is C13H27NO4. The normalized spacial score (nSPS) is 27.7. The molecule has 0 amide bonds. The fourth-order valence-electron chi connectivity index (χ4n) is 2.38. The molecule has 0 saturated carbocycles. The molecule has 0 aromatic carbocycles. The van der Waals surface area contributed by atoms with E-state index in [0.717, 1.165) is 13.0 Å². The predicted molar refractivity (Wildman–Crippen MR) is 69.7 cm³/mol. The van der Waals surface area contributed by atoms with Crippen molar-refractivity contribution in [2.24, 2.45) is 0 Å². The molecule has 0 aromatic rings. The van der Waals surface area contributed by atoms with Gasteiger partial charge in [-0.3, -0.25) is 4.90 Å². The Morgan fingerprint density at radius 1 is 1.44 bits per heavy atom. The van der Waals surface area contributed by atoms with Gasteiger partial charge in [-0.15, -0.1) is 0 Å². The highest BCUT2D eigenvalue weighted by Gasteiger charge is 2.28. The third kappa shape index (κ3) is 5.20. The maximum absolute atomic E-state index is 9.94. The number of aliphatic hydroxyl groups excluding tert-OH is 1. The van der Waals surface area contributed by atoms with Gasteiger partial charge in [-0.25, -0.2) is 0 Å². The van der Waals surface area contributed by atoms with Crippen LogP contribution in [0.5, 0.6) is 0 Å². The van der Waals surface area contributed by atoms with Crippen LogP contribution in [-0.4, -0.2) is 74.9 Å². The summed E-state index contributed by atoms with van der Waals surface area (Å²) in [6.07, 6.45) is 0.826. The molecule has 0 bridgehead atoms. The van der Waals surface area contributed by atoms with Crippen LogP contribution < -0.4 is 0 Å². The molecular weight excluding hydrogens is 234 g/mol. The number of rotatable bonds is 8. The summed E-state index contributed by atoms with van der Waals surface area (Å²) in [5, 5.41) is 9.94.